The zero-order valence-corrected chi connectivity index (χ0v) is 14.7. The van der Waals surface area contributed by atoms with Crippen LogP contribution in [0.1, 0.15) is 20.1 Å². The first kappa shape index (κ1) is 18.4. The molecule has 3 heterocycles. The molecule has 12 heteroatoms. The van der Waals surface area contributed by atoms with Crippen LogP contribution in [0, 0.1) is 16.5 Å². The van der Waals surface area contributed by atoms with E-state index in [4.69, 9.17) is 22.8 Å². The Labute approximate surface area is 152 Å². The van der Waals surface area contributed by atoms with Crippen LogP contribution in [0.15, 0.2) is 16.7 Å². The predicted molar refractivity (Wildman–Crippen MR) is 91.4 cm³/mol. The molecule has 0 bridgehead atoms. The number of aliphatic hydroxyl groups excluding tert-OH is 2. The molecule has 5 atom stereocenters. The van der Waals surface area contributed by atoms with Gasteiger partial charge in [-0.1, -0.05) is 28.5 Å². The molecule has 0 aromatic carbocycles. The van der Waals surface area contributed by atoms with Crippen LogP contribution in [0.25, 0.3) is 11.2 Å². The Morgan fingerprint density at radius 3 is 2.92 bits per heavy atom. The van der Waals surface area contributed by atoms with Crippen molar-refractivity contribution in [3.8, 4) is 11.8 Å². The fourth-order valence-corrected chi connectivity index (χ4v) is 3.15. The molecule has 1 aliphatic rings. The third-order valence-corrected chi connectivity index (χ3v) is 4.35. The summed E-state index contributed by atoms with van der Waals surface area (Å²) in [5, 5.41) is 38.1. The molecule has 2 aromatic rings. The van der Waals surface area contributed by atoms with Crippen molar-refractivity contribution >= 4 is 29.3 Å². The molecule has 1 fully saturated rings. The second-order valence-corrected chi connectivity index (χ2v) is 6.16. The van der Waals surface area contributed by atoms with Gasteiger partial charge in [0.25, 0.3) is 5.95 Å². The van der Waals surface area contributed by atoms with Crippen molar-refractivity contribution < 1.29 is 20.1 Å². The highest BCUT2D eigenvalue weighted by atomic mass is 32.1. The van der Waals surface area contributed by atoms with E-state index in [-0.39, 0.29) is 10.6 Å². The Bertz CT molecular complexity index is 975. The first-order chi connectivity index (χ1) is 12.3. The van der Waals surface area contributed by atoms with Crippen LogP contribution in [0.5, 0.6) is 0 Å². The van der Waals surface area contributed by atoms with Crippen LogP contribution in [0.2, 0.25) is 0 Å². The Morgan fingerprint density at radius 1 is 1.58 bits per heavy atom. The van der Waals surface area contributed by atoms with E-state index in [9.17, 15) is 15.3 Å². The number of ether oxygens (including phenoxy) is 1. The molecule has 2 aromatic heterocycles. The molecule has 1 saturated heterocycles. The van der Waals surface area contributed by atoms with Crippen LogP contribution in [0.3, 0.4) is 0 Å². The van der Waals surface area contributed by atoms with E-state index in [2.05, 4.69) is 37.1 Å². The molecule has 1 aliphatic heterocycles. The van der Waals surface area contributed by atoms with Gasteiger partial charge in [0, 0.05) is 0 Å². The summed E-state index contributed by atoms with van der Waals surface area (Å²) < 4.78 is 7.25. The molecular weight excluding hydrogens is 362 g/mol. The van der Waals surface area contributed by atoms with E-state index in [1.807, 2.05) is 0 Å². The maximum Gasteiger partial charge on any atom is 0.251 e. The minimum absolute atomic E-state index is 0.0301. The molecule has 26 heavy (non-hydrogen) atoms. The van der Waals surface area contributed by atoms with Gasteiger partial charge in [-0.25, -0.2) is 4.98 Å². The maximum absolute atomic E-state index is 11.0. The highest BCUT2D eigenvalue weighted by molar-refractivity contribution is 7.71. The van der Waals surface area contributed by atoms with E-state index >= 15 is 0 Å². The van der Waals surface area contributed by atoms with Crippen molar-refractivity contribution in [3.63, 3.8) is 0 Å². The normalized spacial score (nSPS) is 29.8. The van der Waals surface area contributed by atoms with Crippen LogP contribution < -0.4 is 5.84 Å². The number of imidazole rings is 1. The van der Waals surface area contributed by atoms with Crippen LogP contribution in [-0.2, 0) is 4.74 Å². The summed E-state index contributed by atoms with van der Waals surface area (Å²) in [7, 11) is 0. The monoisotopic (exact) mass is 379 g/mol. The summed E-state index contributed by atoms with van der Waals surface area (Å²) in [5.74, 6) is 10.2. The molecule has 0 radical (unpaired) electrons. The Morgan fingerprint density at radius 2 is 2.31 bits per heavy atom. The average molecular weight is 379 g/mol. The van der Waals surface area contributed by atoms with Crippen molar-refractivity contribution in [1.29, 1.82) is 0 Å². The van der Waals surface area contributed by atoms with Gasteiger partial charge in [-0.2, -0.15) is 4.98 Å². The van der Waals surface area contributed by atoms with Gasteiger partial charge in [-0.15, -0.1) is 5.92 Å². The quantitative estimate of drug-likeness (QED) is 0.161. The van der Waals surface area contributed by atoms with Crippen LogP contribution >= 0.6 is 12.2 Å². The van der Waals surface area contributed by atoms with Crippen molar-refractivity contribution in [1.82, 2.24) is 19.5 Å². The topological polar surface area (TPSA) is 167 Å². The Balaban J connectivity index is 2.20. The summed E-state index contributed by atoms with van der Waals surface area (Å²) in [6.45, 7) is 2.96. The lowest BCUT2D eigenvalue weighted by molar-refractivity contribution is -0.0847. The number of hydrogen-bond acceptors (Lipinski definition) is 9. The lowest BCUT2D eigenvalue weighted by Crippen LogP contribution is -2.47. The summed E-state index contributed by atoms with van der Waals surface area (Å²) in [5.41, 5.74) is -1.35. The molecule has 0 spiro atoms. The summed E-state index contributed by atoms with van der Waals surface area (Å²) in [6, 6.07) is 0. The smallest absolute Gasteiger partial charge is 0.251 e. The molecular formula is C14H17N7O4S. The fraction of sp³-hybridized carbons (Fsp3) is 0.500. The summed E-state index contributed by atoms with van der Waals surface area (Å²) >= 11 is 5.17. The number of nitrogens with zero attached hydrogens (tertiary/aromatic N) is 5. The zero-order valence-electron chi connectivity index (χ0n) is 13.9. The molecule has 11 nitrogen and oxygen atoms in total. The van der Waals surface area contributed by atoms with E-state index in [1.54, 1.807) is 0 Å². The van der Waals surface area contributed by atoms with E-state index in [0.717, 1.165) is 0 Å². The van der Waals surface area contributed by atoms with Gasteiger partial charge in [-0.05, 0) is 13.8 Å². The standard InChI is InChI=1S/C14H17N7O4S/c1-3-4-14(24)9(23)8(6(2)22)25-12(14)21-5-16-7-10(21)17-13(19-20-15)18-11(7)26/h5-6,8-9,12,22-24H,1-2H3,(H3,15,17,18,19,26)/t6-,8+,9-,12+,14+/m0/s1. The second-order valence-electron chi connectivity index (χ2n) is 5.77. The minimum atomic E-state index is -1.99. The molecule has 0 amide bonds. The van der Waals surface area contributed by atoms with Gasteiger partial charge in [0.05, 0.1) is 12.4 Å². The number of aromatic nitrogens is 4. The first-order valence-electron chi connectivity index (χ1n) is 7.59. The van der Waals surface area contributed by atoms with Crippen LogP contribution in [-0.4, -0.2) is 58.8 Å². The SMILES string of the molecule is CC#C[C@@]1(O)[C@@H](O)[C@@H]([C@H](C)O)O[C@H]1n1cnc2c(=S)nc(N=NN)[nH]c21. The van der Waals surface area contributed by atoms with Gasteiger partial charge in [-0.3, -0.25) is 4.57 Å². The number of rotatable bonds is 3. The third kappa shape index (κ3) is 2.75. The number of hydrogen-bond donors (Lipinski definition) is 5. The van der Waals surface area contributed by atoms with E-state index in [1.165, 1.54) is 24.7 Å². The molecule has 6 N–H and O–H groups in total. The molecule has 0 unspecified atom stereocenters. The van der Waals surface area contributed by atoms with Crippen molar-refractivity contribution in [2.75, 3.05) is 0 Å². The summed E-state index contributed by atoms with van der Waals surface area (Å²) in [6.07, 6.45) is -3.38. The van der Waals surface area contributed by atoms with Crippen molar-refractivity contribution in [2.24, 2.45) is 16.2 Å². The largest absolute Gasteiger partial charge is 0.391 e. The third-order valence-electron chi connectivity index (χ3n) is 4.06. The van der Waals surface area contributed by atoms with Gasteiger partial charge in [0.1, 0.15) is 23.4 Å². The summed E-state index contributed by atoms with van der Waals surface area (Å²) in [4.78, 5) is 11.0. The number of nitrogens with one attached hydrogen (secondary N) is 1. The highest BCUT2D eigenvalue weighted by Crippen LogP contribution is 2.40. The Kier molecular flexibility index (Phi) is 4.74. The fourth-order valence-electron chi connectivity index (χ4n) is 2.92. The second kappa shape index (κ2) is 6.71. The maximum atomic E-state index is 11.0. The molecule has 0 saturated carbocycles. The zero-order chi connectivity index (χ0) is 19.1. The number of aliphatic hydroxyl groups is 3. The lowest BCUT2D eigenvalue weighted by atomic mass is 9.93. The van der Waals surface area contributed by atoms with Gasteiger partial charge in [0.2, 0.25) is 0 Å². The predicted octanol–water partition coefficient (Wildman–Crippen LogP) is -0.160. The molecule has 3 rings (SSSR count). The molecule has 138 valence electrons. The van der Waals surface area contributed by atoms with Crippen molar-refractivity contribution in [2.45, 2.75) is 44.0 Å². The van der Waals surface area contributed by atoms with Gasteiger partial charge < -0.3 is 30.9 Å². The highest BCUT2D eigenvalue weighted by Gasteiger charge is 2.57. The van der Waals surface area contributed by atoms with Crippen molar-refractivity contribution in [3.05, 3.63) is 11.0 Å². The first-order valence-corrected chi connectivity index (χ1v) is 8.00. The van der Waals surface area contributed by atoms with Gasteiger partial charge in [0.15, 0.2) is 16.5 Å². The number of nitrogens with two attached hydrogens (primary N) is 1. The lowest BCUT2D eigenvalue weighted by Gasteiger charge is -2.26. The average Bonchev–Trinajstić information content (AvgIpc) is 3.09. The Hall–Kier alpha value is -2.43. The van der Waals surface area contributed by atoms with E-state index in [0.29, 0.717) is 11.2 Å². The number of fused-ring (bicyclic) bond motifs is 1. The number of aromatic amines is 1. The molecule has 0 aliphatic carbocycles. The van der Waals surface area contributed by atoms with Crippen LogP contribution in [0.4, 0.5) is 5.95 Å². The van der Waals surface area contributed by atoms with Gasteiger partial charge >= 0.3 is 0 Å². The minimum Gasteiger partial charge on any atom is -0.391 e. The van der Waals surface area contributed by atoms with E-state index < -0.39 is 30.1 Å². The number of H-pyrrole nitrogens is 1.